The maximum atomic E-state index is 12.4. The lowest BCUT2D eigenvalue weighted by Crippen LogP contribution is -2.43. The van der Waals surface area contributed by atoms with Gasteiger partial charge in [0.1, 0.15) is 12.0 Å². The van der Waals surface area contributed by atoms with E-state index in [9.17, 15) is 9.90 Å². The number of fused-ring (bicyclic) bond motifs is 2. The standard InChI is InChI=1S/C17H23NO3.BrH/c1-18-13-7-8-14(18)10-15(9-13)21-17(20)16(11-19)12-5-3-2-4-6-12;/h2-6,13-16,19H,7-11H2,1H3;1H/t13-,14+,15+,16?;. The number of hydrogen-bond acceptors (Lipinski definition) is 4. The third kappa shape index (κ3) is 3.53. The van der Waals surface area contributed by atoms with Gasteiger partial charge in [0, 0.05) is 12.1 Å². The van der Waals surface area contributed by atoms with Gasteiger partial charge in [0.25, 0.3) is 0 Å². The second kappa shape index (κ2) is 7.57. The average molecular weight is 370 g/mol. The predicted molar refractivity (Wildman–Crippen MR) is 90.3 cm³/mol. The molecule has 122 valence electrons. The maximum absolute atomic E-state index is 12.4. The SMILES string of the molecule is Br.CN1[C@@H]2CC[C@H]1C[C@@H](OC(=O)C(CO)c1ccccc1)C2. The number of ether oxygens (including phenoxy) is 1. The first-order valence-corrected chi connectivity index (χ1v) is 7.77. The molecule has 1 aromatic carbocycles. The van der Waals surface area contributed by atoms with Crippen molar-refractivity contribution >= 4 is 23.0 Å². The number of aliphatic hydroxyl groups excluding tert-OH is 1. The van der Waals surface area contributed by atoms with Crippen LogP contribution in [0.1, 0.15) is 37.2 Å². The Hall–Kier alpha value is -0.910. The number of carbonyl (C=O) groups is 1. The van der Waals surface area contributed by atoms with Crippen LogP contribution in [-0.2, 0) is 9.53 Å². The van der Waals surface area contributed by atoms with Gasteiger partial charge in [0.2, 0.25) is 0 Å². The summed E-state index contributed by atoms with van der Waals surface area (Å²) in [4.78, 5) is 14.8. The Morgan fingerprint density at radius 2 is 1.86 bits per heavy atom. The Bertz CT molecular complexity index is 482. The fourth-order valence-electron chi connectivity index (χ4n) is 3.71. The molecular formula is C17H24BrNO3. The first kappa shape index (κ1) is 17.4. The molecule has 2 bridgehead atoms. The van der Waals surface area contributed by atoms with Crippen LogP contribution in [0.4, 0.5) is 0 Å². The predicted octanol–water partition coefficient (Wildman–Crippen LogP) is 2.51. The third-order valence-corrected chi connectivity index (χ3v) is 5.01. The van der Waals surface area contributed by atoms with Gasteiger partial charge in [0.15, 0.2) is 0 Å². The maximum Gasteiger partial charge on any atom is 0.316 e. The minimum Gasteiger partial charge on any atom is -0.462 e. The summed E-state index contributed by atoms with van der Waals surface area (Å²) < 4.78 is 5.70. The summed E-state index contributed by atoms with van der Waals surface area (Å²) in [6.07, 6.45) is 4.26. The van der Waals surface area contributed by atoms with Crippen LogP contribution in [0.2, 0.25) is 0 Å². The summed E-state index contributed by atoms with van der Waals surface area (Å²) in [6, 6.07) is 10.5. The van der Waals surface area contributed by atoms with E-state index < -0.39 is 5.92 Å². The highest BCUT2D eigenvalue weighted by Gasteiger charge is 2.40. The number of hydrogen-bond donors (Lipinski definition) is 1. The van der Waals surface area contributed by atoms with Crippen LogP contribution in [0.3, 0.4) is 0 Å². The van der Waals surface area contributed by atoms with Gasteiger partial charge in [-0.1, -0.05) is 30.3 Å². The van der Waals surface area contributed by atoms with E-state index in [2.05, 4.69) is 11.9 Å². The third-order valence-electron chi connectivity index (χ3n) is 5.01. The molecule has 3 rings (SSSR count). The number of carbonyl (C=O) groups excluding carboxylic acids is 1. The largest absolute Gasteiger partial charge is 0.462 e. The molecule has 1 unspecified atom stereocenters. The fourth-order valence-corrected chi connectivity index (χ4v) is 3.71. The molecular weight excluding hydrogens is 346 g/mol. The molecule has 4 atom stereocenters. The minimum absolute atomic E-state index is 0. The molecule has 0 spiro atoms. The average Bonchev–Trinajstić information content (AvgIpc) is 2.72. The van der Waals surface area contributed by atoms with E-state index in [-0.39, 0.29) is 35.7 Å². The molecule has 2 aliphatic heterocycles. The van der Waals surface area contributed by atoms with Gasteiger partial charge in [-0.25, -0.2) is 0 Å². The zero-order valence-electron chi connectivity index (χ0n) is 12.9. The van der Waals surface area contributed by atoms with Crippen molar-refractivity contribution in [2.24, 2.45) is 0 Å². The van der Waals surface area contributed by atoms with E-state index in [1.54, 1.807) is 0 Å². The number of esters is 1. The van der Waals surface area contributed by atoms with Crippen LogP contribution in [0.15, 0.2) is 30.3 Å². The normalized spacial score (nSPS) is 28.7. The quantitative estimate of drug-likeness (QED) is 0.828. The fraction of sp³-hybridized carbons (Fsp3) is 0.588. The molecule has 0 radical (unpaired) electrons. The molecule has 1 N–H and O–H groups in total. The van der Waals surface area contributed by atoms with Gasteiger partial charge < -0.3 is 14.7 Å². The number of rotatable bonds is 4. The first-order chi connectivity index (χ1) is 10.2. The molecule has 2 saturated heterocycles. The number of halogens is 1. The minimum atomic E-state index is -0.566. The van der Waals surface area contributed by atoms with Gasteiger partial charge in [-0.05, 0) is 38.3 Å². The Kier molecular flexibility index (Phi) is 6.01. The van der Waals surface area contributed by atoms with Crippen LogP contribution in [-0.4, -0.2) is 47.8 Å². The van der Waals surface area contributed by atoms with Crippen molar-refractivity contribution in [2.45, 2.75) is 49.8 Å². The lowest BCUT2D eigenvalue weighted by Gasteiger charge is -2.36. The second-order valence-corrected chi connectivity index (χ2v) is 6.23. The van der Waals surface area contributed by atoms with Crippen LogP contribution in [0.5, 0.6) is 0 Å². The number of nitrogens with zero attached hydrogens (tertiary/aromatic N) is 1. The monoisotopic (exact) mass is 369 g/mol. The van der Waals surface area contributed by atoms with Crippen molar-refractivity contribution in [3.05, 3.63) is 35.9 Å². The zero-order valence-corrected chi connectivity index (χ0v) is 14.6. The van der Waals surface area contributed by atoms with Crippen molar-refractivity contribution in [1.82, 2.24) is 4.90 Å². The molecule has 2 heterocycles. The van der Waals surface area contributed by atoms with E-state index in [0.29, 0.717) is 12.1 Å². The Balaban J connectivity index is 0.00000176. The molecule has 2 fully saturated rings. The molecule has 0 saturated carbocycles. The summed E-state index contributed by atoms with van der Waals surface area (Å²) >= 11 is 0. The summed E-state index contributed by atoms with van der Waals surface area (Å²) in [6.45, 7) is -0.206. The zero-order chi connectivity index (χ0) is 14.8. The Morgan fingerprint density at radius 1 is 1.27 bits per heavy atom. The molecule has 0 aliphatic carbocycles. The van der Waals surface area contributed by atoms with Crippen LogP contribution in [0.25, 0.3) is 0 Å². The van der Waals surface area contributed by atoms with Crippen molar-refractivity contribution in [1.29, 1.82) is 0 Å². The summed E-state index contributed by atoms with van der Waals surface area (Å²) in [5.41, 5.74) is 0.820. The summed E-state index contributed by atoms with van der Waals surface area (Å²) in [7, 11) is 2.17. The van der Waals surface area contributed by atoms with Crippen molar-refractivity contribution < 1.29 is 14.6 Å². The summed E-state index contributed by atoms with van der Waals surface area (Å²) in [5.74, 6) is -0.860. The van der Waals surface area contributed by atoms with E-state index in [1.165, 1.54) is 12.8 Å². The van der Waals surface area contributed by atoms with Crippen LogP contribution < -0.4 is 0 Å². The van der Waals surface area contributed by atoms with E-state index >= 15 is 0 Å². The van der Waals surface area contributed by atoms with E-state index in [1.807, 2.05) is 30.3 Å². The summed E-state index contributed by atoms with van der Waals surface area (Å²) in [5, 5.41) is 9.53. The number of aliphatic hydroxyl groups is 1. The van der Waals surface area contributed by atoms with Gasteiger partial charge in [-0.2, -0.15) is 0 Å². The van der Waals surface area contributed by atoms with Gasteiger partial charge >= 0.3 is 5.97 Å². The smallest absolute Gasteiger partial charge is 0.316 e. The molecule has 4 nitrogen and oxygen atoms in total. The van der Waals surface area contributed by atoms with Crippen molar-refractivity contribution in [3.8, 4) is 0 Å². The highest BCUT2D eigenvalue weighted by Crippen LogP contribution is 2.36. The molecule has 22 heavy (non-hydrogen) atoms. The van der Waals surface area contributed by atoms with Gasteiger partial charge in [-0.3, -0.25) is 4.79 Å². The number of piperidine rings is 1. The van der Waals surface area contributed by atoms with E-state index in [0.717, 1.165) is 18.4 Å². The lowest BCUT2D eigenvalue weighted by molar-refractivity contribution is -0.155. The van der Waals surface area contributed by atoms with E-state index in [4.69, 9.17) is 4.74 Å². The van der Waals surface area contributed by atoms with Crippen molar-refractivity contribution in [2.75, 3.05) is 13.7 Å². The molecule has 0 amide bonds. The molecule has 0 aromatic heterocycles. The number of benzene rings is 1. The molecule has 1 aromatic rings. The Labute approximate surface area is 142 Å². The lowest BCUT2D eigenvalue weighted by atomic mass is 9.98. The van der Waals surface area contributed by atoms with Crippen LogP contribution in [0, 0.1) is 0 Å². The van der Waals surface area contributed by atoms with Crippen LogP contribution >= 0.6 is 17.0 Å². The highest BCUT2D eigenvalue weighted by molar-refractivity contribution is 8.93. The topological polar surface area (TPSA) is 49.8 Å². The Morgan fingerprint density at radius 3 is 2.41 bits per heavy atom. The second-order valence-electron chi connectivity index (χ2n) is 6.23. The molecule has 2 aliphatic rings. The molecule has 5 heteroatoms. The van der Waals surface area contributed by atoms with Gasteiger partial charge in [0.05, 0.1) is 6.61 Å². The van der Waals surface area contributed by atoms with Crippen molar-refractivity contribution in [3.63, 3.8) is 0 Å². The highest BCUT2D eigenvalue weighted by atomic mass is 79.9. The van der Waals surface area contributed by atoms with Gasteiger partial charge in [-0.15, -0.1) is 17.0 Å². The first-order valence-electron chi connectivity index (χ1n) is 7.77.